The lowest BCUT2D eigenvalue weighted by Gasteiger charge is -2.07. The highest BCUT2D eigenvalue weighted by Crippen LogP contribution is 2.44. The van der Waals surface area contributed by atoms with Gasteiger partial charge in [-0.1, -0.05) is 0 Å². The van der Waals surface area contributed by atoms with Gasteiger partial charge < -0.3 is 9.40 Å². The van der Waals surface area contributed by atoms with Crippen molar-refractivity contribution in [2.24, 2.45) is 0 Å². The summed E-state index contributed by atoms with van der Waals surface area (Å²) in [6.45, 7) is 1.22. The first-order valence-electron chi connectivity index (χ1n) is 7.28. The molecule has 1 atom stereocenters. The molecule has 1 aliphatic carbocycles. The molecule has 0 spiro atoms. The van der Waals surface area contributed by atoms with Gasteiger partial charge in [-0.15, -0.1) is 0 Å². The van der Waals surface area contributed by atoms with Crippen LogP contribution in [0.3, 0.4) is 0 Å². The van der Waals surface area contributed by atoms with Gasteiger partial charge in [0.05, 0.1) is 0 Å². The zero-order valence-corrected chi connectivity index (χ0v) is 12.1. The van der Waals surface area contributed by atoms with Gasteiger partial charge in [0.1, 0.15) is 16.9 Å². The normalized spacial score (nSPS) is 17.6. The number of nitrogens with one attached hydrogen (secondary N) is 1. The number of aromatic amines is 1. The molecular weight excluding hydrogens is 294 g/mol. The predicted octanol–water partition coefficient (Wildman–Crippen LogP) is 2.73. The molecule has 0 amide bonds. The fraction of sp³-hybridized carbons (Fsp3) is 0.533. The summed E-state index contributed by atoms with van der Waals surface area (Å²) in [5.74, 6) is -0.182. The van der Waals surface area contributed by atoms with Gasteiger partial charge in [-0.3, -0.25) is 4.79 Å². The Morgan fingerprint density at radius 3 is 2.82 bits per heavy atom. The van der Waals surface area contributed by atoms with Crippen LogP contribution in [0, 0.1) is 0 Å². The molecule has 2 aromatic rings. The van der Waals surface area contributed by atoms with Crippen LogP contribution in [0.25, 0.3) is 11.1 Å². The molecule has 0 radical (unpaired) electrons. The molecule has 1 aliphatic rings. The number of aryl methyl sites for hydroxylation is 1. The van der Waals surface area contributed by atoms with Gasteiger partial charge in [-0.2, -0.15) is 4.98 Å². The first kappa shape index (κ1) is 14.9. The molecule has 7 heteroatoms. The number of halogens is 2. The Kier molecular flexibility index (Phi) is 3.58. The van der Waals surface area contributed by atoms with Crippen molar-refractivity contribution >= 4 is 11.1 Å². The minimum Gasteiger partial charge on any atom is -0.403 e. The number of fused-ring (bicyclic) bond motifs is 1. The van der Waals surface area contributed by atoms with E-state index in [0.717, 1.165) is 0 Å². The summed E-state index contributed by atoms with van der Waals surface area (Å²) in [6, 6.07) is 1.22. The fourth-order valence-corrected chi connectivity index (χ4v) is 2.53. The Hall–Kier alpha value is -2.05. The second kappa shape index (κ2) is 5.30. The van der Waals surface area contributed by atoms with Gasteiger partial charge in [0.15, 0.2) is 6.17 Å². The zero-order valence-electron chi connectivity index (χ0n) is 12.1. The number of alkyl halides is 2. The van der Waals surface area contributed by atoms with Gasteiger partial charge in [0.25, 0.3) is 5.56 Å². The van der Waals surface area contributed by atoms with Crippen LogP contribution in [-0.2, 0) is 6.42 Å². The maximum atomic E-state index is 13.6. The predicted molar refractivity (Wildman–Crippen MR) is 76.4 cm³/mol. The molecule has 2 heterocycles. The average Bonchev–Trinajstić information content (AvgIpc) is 3.15. The molecule has 0 aromatic carbocycles. The smallest absolute Gasteiger partial charge is 0.337 e. The Morgan fingerprint density at radius 2 is 2.18 bits per heavy atom. The molecule has 1 saturated carbocycles. The van der Waals surface area contributed by atoms with E-state index in [9.17, 15) is 18.4 Å². The second-order valence-corrected chi connectivity index (χ2v) is 5.84. The minimum atomic E-state index is -1.48. The van der Waals surface area contributed by atoms with E-state index < -0.39 is 23.0 Å². The van der Waals surface area contributed by atoms with Gasteiger partial charge in [0, 0.05) is 6.07 Å². The third-order valence-electron chi connectivity index (χ3n) is 3.96. The molecule has 0 saturated heterocycles. The summed E-state index contributed by atoms with van der Waals surface area (Å²) < 4.78 is 31.8. The van der Waals surface area contributed by atoms with Crippen LogP contribution in [-0.4, -0.2) is 15.6 Å². The maximum absolute atomic E-state index is 13.6. The standard InChI is InChI=1S/C15H16F2N2O3/c1-8(16)12-18-13(21)11-9(3-2-4-15(17)5-6-15)7-10(20)22-14(11)19-12/h7-8H,2-6H2,1H3,(H,18,19,21). The molecule has 0 bridgehead atoms. The van der Waals surface area contributed by atoms with Crippen LogP contribution in [0.5, 0.6) is 0 Å². The van der Waals surface area contributed by atoms with Crippen LogP contribution >= 0.6 is 0 Å². The van der Waals surface area contributed by atoms with E-state index in [2.05, 4.69) is 9.97 Å². The molecule has 118 valence electrons. The fourth-order valence-electron chi connectivity index (χ4n) is 2.53. The first-order chi connectivity index (χ1) is 10.4. The van der Waals surface area contributed by atoms with Crippen molar-refractivity contribution in [2.45, 2.75) is 50.9 Å². The topological polar surface area (TPSA) is 76.0 Å². The van der Waals surface area contributed by atoms with Crippen LogP contribution in [0.15, 0.2) is 20.1 Å². The van der Waals surface area contributed by atoms with Crippen molar-refractivity contribution < 1.29 is 13.2 Å². The summed E-state index contributed by atoms with van der Waals surface area (Å²) in [5, 5.41) is 0.132. The van der Waals surface area contributed by atoms with E-state index in [4.69, 9.17) is 4.42 Å². The number of aromatic nitrogens is 2. The zero-order chi connectivity index (χ0) is 15.9. The number of hydrogen-bond donors (Lipinski definition) is 1. The summed E-state index contributed by atoms with van der Waals surface area (Å²) in [4.78, 5) is 29.9. The van der Waals surface area contributed by atoms with Crippen molar-refractivity contribution in [3.8, 4) is 0 Å². The van der Waals surface area contributed by atoms with Crippen LogP contribution < -0.4 is 11.2 Å². The summed E-state index contributed by atoms with van der Waals surface area (Å²) in [6.07, 6.45) is 0.973. The van der Waals surface area contributed by atoms with Crippen molar-refractivity contribution in [3.05, 3.63) is 38.2 Å². The summed E-state index contributed by atoms with van der Waals surface area (Å²) in [7, 11) is 0. The number of nitrogens with zero attached hydrogens (tertiary/aromatic N) is 1. The van der Waals surface area contributed by atoms with E-state index in [-0.39, 0.29) is 16.9 Å². The monoisotopic (exact) mass is 310 g/mol. The third-order valence-corrected chi connectivity index (χ3v) is 3.96. The summed E-state index contributed by atoms with van der Waals surface area (Å²) >= 11 is 0. The molecule has 5 nitrogen and oxygen atoms in total. The Bertz CT molecular complexity index is 822. The number of rotatable bonds is 5. The quantitative estimate of drug-likeness (QED) is 0.921. The molecular formula is C15H16F2N2O3. The van der Waals surface area contributed by atoms with Gasteiger partial charge in [0.2, 0.25) is 5.71 Å². The Labute approximate surface area is 124 Å². The van der Waals surface area contributed by atoms with E-state index in [1.807, 2.05) is 0 Å². The van der Waals surface area contributed by atoms with Gasteiger partial charge in [-0.25, -0.2) is 13.6 Å². The molecule has 0 aliphatic heterocycles. The molecule has 1 unspecified atom stereocenters. The number of H-pyrrole nitrogens is 1. The lowest BCUT2D eigenvalue weighted by atomic mass is 10.0. The lowest BCUT2D eigenvalue weighted by molar-refractivity contribution is 0.284. The summed E-state index contributed by atoms with van der Waals surface area (Å²) in [5.41, 5.74) is -1.99. The highest BCUT2D eigenvalue weighted by atomic mass is 19.1. The molecule has 3 rings (SSSR count). The van der Waals surface area contributed by atoms with Crippen molar-refractivity contribution in [1.82, 2.24) is 9.97 Å². The van der Waals surface area contributed by atoms with Gasteiger partial charge >= 0.3 is 5.63 Å². The highest BCUT2D eigenvalue weighted by molar-refractivity contribution is 5.75. The van der Waals surface area contributed by atoms with Crippen molar-refractivity contribution in [2.75, 3.05) is 0 Å². The van der Waals surface area contributed by atoms with Crippen molar-refractivity contribution in [1.29, 1.82) is 0 Å². The van der Waals surface area contributed by atoms with Crippen LogP contribution in [0.4, 0.5) is 8.78 Å². The van der Waals surface area contributed by atoms with E-state index in [1.165, 1.54) is 13.0 Å². The third kappa shape index (κ3) is 2.93. The molecule has 1 fully saturated rings. The van der Waals surface area contributed by atoms with Gasteiger partial charge in [-0.05, 0) is 44.6 Å². The van der Waals surface area contributed by atoms with Crippen LogP contribution in [0.2, 0.25) is 0 Å². The van der Waals surface area contributed by atoms with E-state index in [1.54, 1.807) is 0 Å². The molecule has 1 N–H and O–H groups in total. The Balaban J connectivity index is 1.98. The van der Waals surface area contributed by atoms with Crippen molar-refractivity contribution in [3.63, 3.8) is 0 Å². The lowest BCUT2D eigenvalue weighted by Crippen LogP contribution is -2.17. The van der Waals surface area contributed by atoms with E-state index in [0.29, 0.717) is 37.7 Å². The maximum Gasteiger partial charge on any atom is 0.337 e. The second-order valence-electron chi connectivity index (χ2n) is 5.84. The average molecular weight is 310 g/mol. The minimum absolute atomic E-state index is 0.132. The molecule has 2 aromatic heterocycles. The Morgan fingerprint density at radius 1 is 1.45 bits per heavy atom. The highest BCUT2D eigenvalue weighted by Gasteiger charge is 2.42. The van der Waals surface area contributed by atoms with E-state index >= 15 is 0 Å². The largest absolute Gasteiger partial charge is 0.403 e. The SMILES string of the molecule is CC(F)c1nc2oc(=O)cc(CCCC3(F)CC3)c2c(=O)[nH]1. The first-order valence-corrected chi connectivity index (χ1v) is 7.28. The number of hydrogen-bond acceptors (Lipinski definition) is 4. The molecule has 22 heavy (non-hydrogen) atoms. The van der Waals surface area contributed by atoms with Crippen LogP contribution in [0.1, 0.15) is 50.2 Å².